The average molecular weight is 334 g/mol. The Morgan fingerprint density at radius 2 is 1.78 bits per heavy atom. The van der Waals surface area contributed by atoms with Crippen LogP contribution in [-0.2, 0) is 16.6 Å². The number of sulfonamides is 1. The second-order valence-electron chi connectivity index (χ2n) is 5.24. The number of rotatable bonds is 3. The zero-order valence-corrected chi connectivity index (χ0v) is 12.8. The van der Waals surface area contributed by atoms with Crippen LogP contribution in [0.1, 0.15) is 17.2 Å². The number of aliphatic hydroxyl groups excluding tert-OH is 1. The minimum atomic E-state index is -4.08. The summed E-state index contributed by atoms with van der Waals surface area (Å²) in [4.78, 5) is 10.0. The maximum atomic E-state index is 12.8. The van der Waals surface area contributed by atoms with Gasteiger partial charge in [0.2, 0.25) is 10.0 Å². The van der Waals surface area contributed by atoms with Crippen molar-refractivity contribution < 1.29 is 18.4 Å². The standard InChI is InChI=1S/C15H14N2O5S/c18-14-10-16(9-11-5-1-2-6-12(11)14)23(21,22)15-8-4-3-7-13(15)17(19)20/h1-8,14,18H,9-10H2. The Hall–Kier alpha value is -2.29. The van der Waals surface area contributed by atoms with Crippen molar-refractivity contribution in [3.05, 3.63) is 69.8 Å². The molecule has 1 heterocycles. The zero-order valence-electron chi connectivity index (χ0n) is 12.0. The predicted molar refractivity (Wildman–Crippen MR) is 82.1 cm³/mol. The second-order valence-corrected chi connectivity index (χ2v) is 7.14. The van der Waals surface area contributed by atoms with Gasteiger partial charge >= 0.3 is 0 Å². The summed E-state index contributed by atoms with van der Waals surface area (Å²) < 4.78 is 26.6. The van der Waals surface area contributed by atoms with E-state index in [9.17, 15) is 23.6 Å². The Morgan fingerprint density at radius 3 is 2.52 bits per heavy atom. The molecule has 0 fully saturated rings. The normalized spacial score (nSPS) is 18.4. The molecule has 1 aliphatic rings. The lowest BCUT2D eigenvalue weighted by Crippen LogP contribution is -2.38. The maximum Gasteiger partial charge on any atom is 0.289 e. The first kappa shape index (κ1) is 15.6. The Kier molecular flexibility index (Phi) is 3.88. The highest BCUT2D eigenvalue weighted by molar-refractivity contribution is 7.89. The molecule has 8 heteroatoms. The van der Waals surface area contributed by atoms with Crippen molar-refractivity contribution >= 4 is 15.7 Å². The third-order valence-electron chi connectivity index (χ3n) is 3.82. The van der Waals surface area contributed by atoms with Gasteiger partial charge in [0, 0.05) is 19.2 Å². The lowest BCUT2D eigenvalue weighted by atomic mass is 9.99. The van der Waals surface area contributed by atoms with Crippen LogP contribution in [-0.4, -0.2) is 29.3 Å². The van der Waals surface area contributed by atoms with Crippen LogP contribution >= 0.6 is 0 Å². The Morgan fingerprint density at radius 1 is 1.13 bits per heavy atom. The number of β-amino-alcohol motifs (C(OH)–C–C–N with tert-alkyl or cyclic N) is 1. The van der Waals surface area contributed by atoms with Crippen molar-refractivity contribution in [2.24, 2.45) is 0 Å². The monoisotopic (exact) mass is 334 g/mol. The molecular formula is C15H14N2O5S. The van der Waals surface area contributed by atoms with E-state index in [-0.39, 0.29) is 18.0 Å². The molecule has 0 spiro atoms. The number of fused-ring (bicyclic) bond motifs is 1. The summed E-state index contributed by atoms with van der Waals surface area (Å²) in [6.45, 7) is -0.0625. The molecule has 0 aliphatic carbocycles. The molecule has 3 rings (SSSR count). The molecule has 1 atom stereocenters. The first-order chi connectivity index (χ1) is 10.9. The van der Waals surface area contributed by atoms with E-state index >= 15 is 0 Å². The molecule has 120 valence electrons. The lowest BCUT2D eigenvalue weighted by Gasteiger charge is -2.31. The van der Waals surface area contributed by atoms with Crippen LogP contribution in [0.15, 0.2) is 53.4 Å². The van der Waals surface area contributed by atoms with E-state index in [1.54, 1.807) is 24.3 Å². The molecule has 2 aromatic carbocycles. The number of benzene rings is 2. The molecule has 1 unspecified atom stereocenters. The van der Waals surface area contributed by atoms with E-state index in [0.717, 1.165) is 10.4 Å². The first-order valence-corrected chi connectivity index (χ1v) is 8.34. The Labute approximate surface area is 133 Å². The minimum Gasteiger partial charge on any atom is -0.387 e. The molecule has 0 saturated carbocycles. The number of nitro benzene ring substituents is 1. The molecule has 0 bridgehead atoms. The summed E-state index contributed by atoms with van der Waals surface area (Å²) >= 11 is 0. The average Bonchev–Trinajstić information content (AvgIpc) is 2.54. The molecule has 1 N–H and O–H groups in total. The van der Waals surface area contributed by atoms with Crippen molar-refractivity contribution in [3.63, 3.8) is 0 Å². The second kappa shape index (κ2) is 5.73. The van der Waals surface area contributed by atoms with Crippen LogP contribution in [0.4, 0.5) is 5.69 Å². The molecule has 2 aromatic rings. The van der Waals surface area contributed by atoms with Gasteiger partial charge in [0.15, 0.2) is 4.90 Å². The molecule has 0 saturated heterocycles. The van der Waals surface area contributed by atoms with E-state index in [1.807, 2.05) is 0 Å². The molecule has 23 heavy (non-hydrogen) atoms. The summed E-state index contributed by atoms with van der Waals surface area (Å²) in [6, 6.07) is 12.2. The number of hydrogen-bond acceptors (Lipinski definition) is 5. The van der Waals surface area contributed by atoms with Crippen LogP contribution < -0.4 is 0 Å². The maximum absolute atomic E-state index is 12.8. The van der Waals surface area contributed by atoms with Gasteiger partial charge in [0.25, 0.3) is 5.69 Å². The summed E-state index contributed by atoms with van der Waals surface area (Å²) in [5.74, 6) is 0. The number of nitrogens with zero attached hydrogens (tertiary/aromatic N) is 2. The highest BCUT2D eigenvalue weighted by Crippen LogP contribution is 2.33. The Bertz CT molecular complexity index is 866. The molecular weight excluding hydrogens is 320 g/mol. The quantitative estimate of drug-likeness (QED) is 0.682. The summed E-state index contributed by atoms with van der Waals surface area (Å²) in [6.07, 6.45) is -0.961. The third kappa shape index (κ3) is 2.72. The number of nitro groups is 1. The molecule has 0 aromatic heterocycles. The number of aliphatic hydroxyl groups is 1. The van der Waals surface area contributed by atoms with Crippen LogP contribution in [0, 0.1) is 10.1 Å². The van der Waals surface area contributed by atoms with E-state index in [1.165, 1.54) is 18.2 Å². The molecule has 0 radical (unpaired) electrons. The van der Waals surface area contributed by atoms with Crippen molar-refractivity contribution in [2.75, 3.05) is 6.54 Å². The summed E-state index contributed by atoms with van der Waals surface area (Å²) in [7, 11) is -4.08. The fraction of sp³-hybridized carbons (Fsp3) is 0.200. The van der Waals surface area contributed by atoms with Gasteiger partial charge in [-0.05, 0) is 17.2 Å². The Balaban J connectivity index is 2.04. The topological polar surface area (TPSA) is 101 Å². The molecule has 0 amide bonds. The van der Waals surface area contributed by atoms with Crippen molar-refractivity contribution in [1.29, 1.82) is 0 Å². The first-order valence-electron chi connectivity index (χ1n) is 6.90. The van der Waals surface area contributed by atoms with Gasteiger partial charge < -0.3 is 5.11 Å². The van der Waals surface area contributed by atoms with Gasteiger partial charge in [-0.25, -0.2) is 8.42 Å². The van der Waals surface area contributed by atoms with Crippen molar-refractivity contribution in [2.45, 2.75) is 17.5 Å². The van der Waals surface area contributed by atoms with Gasteiger partial charge in [-0.15, -0.1) is 0 Å². The summed E-state index contributed by atoms with van der Waals surface area (Å²) in [5.41, 5.74) is 0.899. The van der Waals surface area contributed by atoms with Crippen LogP contribution in [0.3, 0.4) is 0 Å². The lowest BCUT2D eigenvalue weighted by molar-refractivity contribution is -0.387. The van der Waals surface area contributed by atoms with Gasteiger partial charge in [-0.2, -0.15) is 4.31 Å². The van der Waals surface area contributed by atoms with Crippen molar-refractivity contribution in [3.8, 4) is 0 Å². The fourth-order valence-corrected chi connectivity index (χ4v) is 4.28. The van der Waals surface area contributed by atoms with Gasteiger partial charge in [0.1, 0.15) is 0 Å². The van der Waals surface area contributed by atoms with Crippen molar-refractivity contribution in [1.82, 2.24) is 4.31 Å². The zero-order chi connectivity index (χ0) is 16.6. The smallest absolute Gasteiger partial charge is 0.289 e. The highest BCUT2D eigenvalue weighted by Gasteiger charge is 2.35. The largest absolute Gasteiger partial charge is 0.387 e. The SMILES string of the molecule is O=[N+]([O-])c1ccccc1S(=O)(=O)N1Cc2ccccc2C(O)C1. The highest BCUT2D eigenvalue weighted by atomic mass is 32.2. The number of hydrogen-bond donors (Lipinski definition) is 1. The van der Waals surface area contributed by atoms with E-state index < -0.39 is 26.7 Å². The van der Waals surface area contributed by atoms with Crippen LogP contribution in [0.2, 0.25) is 0 Å². The van der Waals surface area contributed by atoms with Gasteiger partial charge in [-0.1, -0.05) is 36.4 Å². The molecule has 1 aliphatic heterocycles. The predicted octanol–water partition coefficient (Wildman–Crippen LogP) is 1.83. The van der Waals surface area contributed by atoms with Crippen LogP contribution in [0.25, 0.3) is 0 Å². The van der Waals surface area contributed by atoms with E-state index in [4.69, 9.17) is 0 Å². The molecule has 7 nitrogen and oxygen atoms in total. The minimum absolute atomic E-state index is 0.0710. The summed E-state index contributed by atoms with van der Waals surface area (Å²) in [5, 5.41) is 21.3. The fourth-order valence-electron chi connectivity index (χ4n) is 2.70. The van der Waals surface area contributed by atoms with Crippen LogP contribution in [0.5, 0.6) is 0 Å². The van der Waals surface area contributed by atoms with Gasteiger partial charge in [-0.3, -0.25) is 10.1 Å². The van der Waals surface area contributed by atoms with E-state index in [0.29, 0.717) is 11.1 Å². The number of para-hydroxylation sites is 1. The van der Waals surface area contributed by atoms with Gasteiger partial charge in [0.05, 0.1) is 11.0 Å². The third-order valence-corrected chi connectivity index (χ3v) is 5.68. The van der Waals surface area contributed by atoms with E-state index in [2.05, 4.69) is 0 Å².